The van der Waals surface area contributed by atoms with Gasteiger partial charge in [-0.3, -0.25) is 14.2 Å². The van der Waals surface area contributed by atoms with Crippen LogP contribution in [0.5, 0.6) is 0 Å². The Hall–Kier alpha value is -1.60. The van der Waals surface area contributed by atoms with Crippen LogP contribution in [0.15, 0.2) is 28.0 Å². The number of cyclic esters (lactones) is 1. The minimum Gasteiger partial charge on any atom is -0.465 e. The molecule has 0 amide bonds. The maximum absolute atomic E-state index is 13.0. The van der Waals surface area contributed by atoms with E-state index in [-0.39, 0.29) is 16.8 Å². The minimum absolute atomic E-state index is 0.0214. The molecule has 0 unspecified atom stereocenters. The molecule has 0 spiro atoms. The lowest BCUT2D eigenvalue weighted by Gasteiger charge is -2.12. The van der Waals surface area contributed by atoms with Crippen LogP contribution in [-0.4, -0.2) is 27.4 Å². The maximum atomic E-state index is 13.0. The lowest BCUT2D eigenvalue weighted by Crippen LogP contribution is -2.24. The number of fused-ring (bicyclic) bond motifs is 1. The van der Waals surface area contributed by atoms with E-state index < -0.39 is 0 Å². The van der Waals surface area contributed by atoms with Gasteiger partial charge in [0, 0.05) is 13.0 Å². The van der Waals surface area contributed by atoms with E-state index in [0.29, 0.717) is 30.6 Å². The average Bonchev–Trinajstić information content (AvgIpc) is 3.17. The van der Waals surface area contributed by atoms with Crippen molar-refractivity contribution in [2.24, 2.45) is 0 Å². The monoisotopic (exact) mass is 348 g/mol. The number of carbonyl (C=O) groups excluding carboxylic acids is 1. The number of nitrogens with zero attached hydrogens (tertiary/aromatic N) is 2. The predicted octanol–water partition coefficient (Wildman–Crippen LogP) is 2.93. The van der Waals surface area contributed by atoms with E-state index in [1.165, 1.54) is 23.1 Å². The molecule has 0 radical (unpaired) electrons. The summed E-state index contributed by atoms with van der Waals surface area (Å²) in [6.07, 6.45) is 4.65. The summed E-state index contributed by atoms with van der Waals surface area (Å²) >= 11 is 2.84. The lowest BCUT2D eigenvalue weighted by atomic mass is 10.1. The summed E-state index contributed by atoms with van der Waals surface area (Å²) in [5, 5.41) is 3.11. The fourth-order valence-corrected chi connectivity index (χ4v) is 4.94. The standard InChI is InChI=1S/C16H16N2O3S2/c1-2-6-18-14(19)12-10(9-3-4-9)8-22-13(12)17-16(18)23-11-5-7-21-15(11)20/h2,8-9,11H,1,3-7H2/t11-/m0/s1. The van der Waals surface area contributed by atoms with Crippen LogP contribution in [0.2, 0.25) is 0 Å². The topological polar surface area (TPSA) is 61.2 Å². The molecule has 3 heterocycles. The first-order chi connectivity index (χ1) is 11.2. The van der Waals surface area contributed by atoms with Gasteiger partial charge in [-0.2, -0.15) is 0 Å². The van der Waals surface area contributed by atoms with E-state index in [4.69, 9.17) is 4.74 Å². The van der Waals surface area contributed by atoms with Crippen molar-refractivity contribution < 1.29 is 9.53 Å². The highest BCUT2D eigenvalue weighted by molar-refractivity contribution is 8.00. The van der Waals surface area contributed by atoms with Crippen molar-refractivity contribution in [3.8, 4) is 0 Å². The molecule has 1 saturated carbocycles. The van der Waals surface area contributed by atoms with Gasteiger partial charge in [-0.05, 0) is 29.7 Å². The molecular formula is C16H16N2O3S2. The Morgan fingerprint density at radius 1 is 1.43 bits per heavy atom. The number of aromatic nitrogens is 2. The summed E-state index contributed by atoms with van der Waals surface area (Å²) in [4.78, 5) is 30.1. The molecule has 2 aliphatic rings. The molecule has 2 fully saturated rings. The van der Waals surface area contributed by atoms with Crippen LogP contribution in [0.1, 0.15) is 30.7 Å². The zero-order valence-electron chi connectivity index (χ0n) is 12.5. The van der Waals surface area contributed by atoms with Crippen molar-refractivity contribution in [3.63, 3.8) is 0 Å². The SMILES string of the molecule is C=CCn1c(S[C@H]2CCOC2=O)nc2scc(C3CC3)c2c1=O. The number of hydrogen-bond donors (Lipinski definition) is 0. The molecule has 7 heteroatoms. The van der Waals surface area contributed by atoms with E-state index >= 15 is 0 Å². The van der Waals surface area contributed by atoms with Crippen molar-refractivity contribution >= 4 is 39.3 Å². The summed E-state index contributed by atoms with van der Waals surface area (Å²) in [6, 6.07) is 0. The quantitative estimate of drug-likeness (QED) is 0.472. The number of allylic oxidation sites excluding steroid dienone is 1. The zero-order valence-corrected chi connectivity index (χ0v) is 14.1. The first-order valence-corrected chi connectivity index (χ1v) is 9.41. The van der Waals surface area contributed by atoms with Crippen LogP contribution >= 0.6 is 23.1 Å². The van der Waals surface area contributed by atoms with Crippen LogP contribution < -0.4 is 5.56 Å². The molecule has 1 saturated heterocycles. The van der Waals surface area contributed by atoms with Gasteiger partial charge in [-0.25, -0.2) is 4.98 Å². The van der Waals surface area contributed by atoms with E-state index in [1.54, 1.807) is 10.6 Å². The number of thioether (sulfide) groups is 1. The fourth-order valence-electron chi connectivity index (χ4n) is 2.81. The number of hydrogen-bond acceptors (Lipinski definition) is 6. The lowest BCUT2D eigenvalue weighted by molar-refractivity contribution is -0.137. The van der Waals surface area contributed by atoms with Gasteiger partial charge in [-0.15, -0.1) is 17.9 Å². The molecule has 0 aromatic carbocycles. The predicted molar refractivity (Wildman–Crippen MR) is 91.3 cm³/mol. The second-order valence-electron chi connectivity index (χ2n) is 5.81. The van der Waals surface area contributed by atoms with Crippen molar-refractivity contribution in [2.75, 3.05) is 6.61 Å². The Morgan fingerprint density at radius 3 is 2.91 bits per heavy atom. The Kier molecular flexibility index (Phi) is 3.77. The van der Waals surface area contributed by atoms with Crippen molar-refractivity contribution in [1.82, 2.24) is 9.55 Å². The zero-order chi connectivity index (χ0) is 16.0. The van der Waals surface area contributed by atoms with Crippen LogP contribution in [0, 0.1) is 0 Å². The number of rotatable bonds is 5. The fraction of sp³-hybridized carbons (Fsp3) is 0.438. The van der Waals surface area contributed by atoms with E-state index in [2.05, 4.69) is 16.9 Å². The number of ether oxygens (including phenoxy) is 1. The Balaban J connectivity index is 1.82. The molecule has 1 aliphatic carbocycles. The van der Waals surface area contributed by atoms with E-state index in [9.17, 15) is 9.59 Å². The molecule has 0 N–H and O–H groups in total. The second kappa shape index (κ2) is 5.79. The normalized spacial score (nSPS) is 20.9. The highest BCUT2D eigenvalue weighted by atomic mass is 32.2. The van der Waals surface area contributed by atoms with Gasteiger partial charge in [0.1, 0.15) is 10.1 Å². The molecule has 1 atom stereocenters. The van der Waals surface area contributed by atoms with Crippen LogP contribution in [0.4, 0.5) is 0 Å². The van der Waals surface area contributed by atoms with Crippen molar-refractivity contribution in [1.29, 1.82) is 0 Å². The summed E-state index contributed by atoms with van der Waals surface area (Å²) in [5.41, 5.74) is 1.11. The summed E-state index contributed by atoms with van der Waals surface area (Å²) in [5.74, 6) is 0.290. The van der Waals surface area contributed by atoms with E-state index in [0.717, 1.165) is 28.6 Å². The molecule has 2 aromatic rings. The number of carbonyl (C=O) groups is 1. The second-order valence-corrected chi connectivity index (χ2v) is 7.83. The first-order valence-electron chi connectivity index (χ1n) is 7.65. The van der Waals surface area contributed by atoms with Gasteiger partial charge >= 0.3 is 5.97 Å². The van der Waals surface area contributed by atoms with Crippen molar-refractivity contribution in [2.45, 2.75) is 42.1 Å². The minimum atomic E-state index is -0.279. The molecule has 23 heavy (non-hydrogen) atoms. The number of esters is 1. The largest absolute Gasteiger partial charge is 0.465 e. The third-order valence-corrected chi connectivity index (χ3v) is 6.28. The van der Waals surface area contributed by atoms with Crippen LogP contribution in [0.25, 0.3) is 10.2 Å². The smallest absolute Gasteiger partial charge is 0.319 e. The van der Waals surface area contributed by atoms with Crippen LogP contribution in [0.3, 0.4) is 0 Å². The maximum Gasteiger partial charge on any atom is 0.319 e. The Bertz CT molecular complexity index is 851. The molecular weight excluding hydrogens is 332 g/mol. The van der Waals surface area contributed by atoms with Gasteiger partial charge in [0.2, 0.25) is 0 Å². The third kappa shape index (κ3) is 2.61. The van der Waals surface area contributed by atoms with Gasteiger partial charge in [0.25, 0.3) is 5.56 Å². The first kappa shape index (κ1) is 15.0. The van der Waals surface area contributed by atoms with Gasteiger partial charge in [0.05, 0.1) is 12.0 Å². The highest BCUT2D eigenvalue weighted by Crippen LogP contribution is 2.44. The molecule has 0 bridgehead atoms. The summed E-state index contributed by atoms with van der Waals surface area (Å²) in [7, 11) is 0. The molecule has 2 aromatic heterocycles. The Morgan fingerprint density at radius 2 is 2.26 bits per heavy atom. The third-order valence-electron chi connectivity index (χ3n) is 4.15. The van der Waals surface area contributed by atoms with Gasteiger partial charge in [0.15, 0.2) is 5.16 Å². The van der Waals surface area contributed by atoms with Gasteiger partial charge < -0.3 is 4.74 Å². The highest BCUT2D eigenvalue weighted by Gasteiger charge is 2.31. The Labute approximate surface area is 141 Å². The molecule has 1 aliphatic heterocycles. The van der Waals surface area contributed by atoms with Crippen LogP contribution in [-0.2, 0) is 16.1 Å². The molecule has 120 valence electrons. The van der Waals surface area contributed by atoms with Crippen molar-refractivity contribution in [3.05, 3.63) is 34.0 Å². The van der Waals surface area contributed by atoms with E-state index in [1.807, 2.05) is 0 Å². The summed E-state index contributed by atoms with van der Waals surface area (Å²) < 4.78 is 6.64. The summed E-state index contributed by atoms with van der Waals surface area (Å²) in [6.45, 7) is 4.57. The molecule has 5 nitrogen and oxygen atoms in total. The molecule has 4 rings (SSSR count). The average molecular weight is 348 g/mol. The number of thiophene rings is 1. The van der Waals surface area contributed by atoms with Gasteiger partial charge in [-0.1, -0.05) is 17.8 Å².